The van der Waals surface area contributed by atoms with Gasteiger partial charge in [0.2, 0.25) is 5.91 Å². The summed E-state index contributed by atoms with van der Waals surface area (Å²) in [6, 6.07) is -0.311. The second-order valence-corrected chi connectivity index (χ2v) is 5.47. The molecule has 2 saturated heterocycles. The number of thioether (sulfide) groups is 1. The predicted octanol–water partition coefficient (Wildman–Crippen LogP) is -1.09. The minimum Gasteiger partial charge on any atom is -0.334 e. The maximum atomic E-state index is 12.2. The lowest BCUT2D eigenvalue weighted by Crippen LogP contribution is -2.60. The van der Waals surface area contributed by atoms with Crippen LogP contribution < -0.4 is 11.1 Å². The molecule has 6 nitrogen and oxygen atoms in total. The number of carbonyl (C=O) groups is 2. The Bertz CT molecular complexity index is 325. The van der Waals surface area contributed by atoms with Gasteiger partial charge in [0.05, 0.1) is 6.04 Å². The molecule has 0 aromatic heterocycles. The Morgan fingerprint density at radius 2 is 2.35 bits per heavy atom. The summed E-state index contributed by atoms with van der Waals surface area (Å²) >= 11 is 1.17. The highest BCUT2D eigenvalue weighted by atomic mass is 32.2. The Kier molecular flexibility index (Phi) is 3.90. The molecule has 2 unspecified atom stereocenters. The first-order valence-electron chi connectivity index (χ1n) is 5.74. The Hall–Kier alpha value is -0.790. The highest BCUT2D eigenvalue weighted by molar-refractivity contribution is 8.14. The van der Waals surface area contributed by atoms with Crippen LogP contribution in [0.1, 0.15) is 0 Å². The van der Waals surface area contributed by atoms with Crippen molar-refractivity contribution in [2.24, 2.45) is 5.73 Å². The molecule has 96 valence electrons. The van der Waals surface area contributed by atoms with Crippen molar-refractivity contribution < 1.29 is 9.59 Å². The number of hydrogen-bond donors (Lipinski definition) is 2. The first-order chi connectivity index (χ1) is 8.11. The van der Waals surface area contributed by atoms with Gasteiger partial charge in [-0.1, -0.05) is 11.8 Å². The number of nitrogens with zero attached hydrogens (tertiary/aromatic N) is 2. The van der Waals surface area contributed by atoms with E-state index in [1.54, 1.807) is 0 Å². The van der Waals surface area contributed by atoms with Crippen molar-refractivity contribution in [1.29, 1.82) is 0 Å². The molecule has 0 bridgehead atoms. The Balaban J connectivity index is 2.00. The van der Waals surface area contributed by atoms with Crippen LogP contribution in [0, 0.1) is 0 Å². The number of likely N-dealkylation sites (N-methyl/N-ethyl adjacent to an activating group) is 1. The fourth-order valence-electron chi connectivity index (χ4n) is 2.22. The standard InChI is InChI=1S/C10H18N4O2S/c1-13-2-3-14(7(4-11)5-13)9(15)8-6-17-10(16)12-8/h7-8H,2-6,11H2,1H3,(H,12,16). The summed E-state index contributed by atoms with van der Waals surface area (Å²) in [5.41, 5.74) is 5.71. The van der Waals surface area contributed by atoms with E-state index in [-0.39, 0.29) is 23.2 Å². The first-order valence-corrected chi connectivity index (χ1v) is 6.72. The fourth-order valence-corrected chi connectivity index (χ4v) is 2.99. The molecular formula is C10H18N4O2S. The second-order valence-electron chi connectivity index (χ2n) is 4.48. The molecule has 2 heterocycles. The lowest BCUT2D eigenvalue weighted by atomic mass is 10.1. The van der Waals surface area contributed by atoms with Gasteiger partial charge < -0.3 is 20.9 Å². The van der Waals surface area contributed by atoms with Gasteiger partial charge in [-0.25, -0.2) is 0 Å². The summed E-state index contributed by atoms with van der Waals surface area (Å²) < 4.78 is 0. The van der Waals surface area contributed by atoms with Gasteiger partial charge in [-0.15, -0.1) is 0 Å². The molecule has 17 heavy (non-hydrogen) atoms. The van der Waals surface area contributed by atoms with Crippen LogP contribution in [0.2, 0.25) is 0 Å². The second kappa shape index (κ2) is 5.24. The van der Waals surface area contributed by atoms with Crippen molar-refractivity contribution in [2.45, 2.75) is 12.1 Å². The van der Waals surface area contributed by atoms with Crippen molar-refractivity contribution in [1.82, 2.24) is 15.1 Å². The molecule has 0 saturated carbocycles. The summed E-state index contributed by atoms with van der Waals surface area (Å²) in [5, 5.41) is 2.58. The maximum Gasteiger partial charge on any atom is 0.279 e. The van der Waals surface area contributed by atoms with Crippen LogP contribution in [0.5, 0.6) is 0 Å². The molecule has 3 N–H and O–H groups in total. The topological polar surface area (TPSA) is 78.7 Å². The average Bonchev–Trinajstić information content (AvgIpc) is 2.75. The molecular weight excluding hydrogens is 240 g/mol. The Labute approximate surface area is 105 Å². The van der Waals surface area contributed by atoms with Gasteiger partial charge >= 0.3 is 0 Å². The predicted molar refractivity (Wildman–Crippen MR) is 66.8 cm³/mol. The Morgan fingerprint density at radius 1 is 1.59 bits per heavy atom. The summed E-state index contributed by atoms with van der Waals surface area (Å²) in [6.07, 6.45) is 0. The number of nitrogens with two attached hydrogens (primary N) is 1. The largest absolute Gasteiger partial charge is 0.334 e. The average molecular weight is 258 g/mol. The molecule has 0 aromatic rings. The van der Waals surface area contributed by atoms with Crippen LogP contribution in [0.25, 0.3) is 0 Å². The lowest BCUT2D eigenvalue weighted by Gasteiger charge is -2.40. The first kappa shape index (κ1) is 12.7. The van der Waals surface area contributed by atoms with Crippen molar-refractivity contribution in [3.05, 3.63) is 0 Å². The molecule has 2 aliphatic heterocycles. The number of amides is 2. The van der Waals surface area contributed by atoms with E-state index in [0.717, 1.165) is 13.1 Å². The molecule has 2 atom stereocenters. The van der Waals surface area contributed by atoms with Crippen LogP contribution in [0.4, 0.5) is 4.79 Å². The number of hydrogen-bond acceptors (Lipinski definition) is 5. The van der Waals surface area contributed by atoms with E-state index in [0.29, 0.717) is 18.8 Å². The van der Waals surface area contributed by atoms with E-state index in [1.165, 1.54) is 11.8 Å². The van der Waals surface area contributed by atoms with E-state index in [2.05, 4.69) is 10.2 Å². The van der Waals surface area contributed by atoms with Crippen molar-refractivity contribution in [3.63, 3.8) is 0 Å². The van der Waals surface area contributed by atoms with Gasteiger partial charge in [-0.2, -0.15) is 0 Å². The lowest BCUT2D eigenvalue weighted by molar-refractivity contribution is -0.136. The summed E-state index contributed by atoms with van der Waals surface area (Å²) in [6.45, 7) is 2.81. The third kappa shape index (κ3) is 2.72. The molecule has 2 fully saturated rings. The molecule has 0 aromatic carbocycles. The summed E-state index contributed by atoms with van der Waals surface area (Å²) in [5.74, 6) is 0.535. The monoisotopic (exact) mass is 258 g/mol. The summed E-state index contributed by atoms with van der Waals surface area (Å²) in [4.78, 5) is 27.3. The van der Waals surface area contributed by atoms with Crippen molar-refractivity contribution >= 4 is 22.9 Å². The quantitative estimate of drug-likeness (QED) is 0.658. The van der Waals surface area contributed by atoms with Crippen LogP contribution in [0.3, 0.4) is 0 Å². The fraction of sp³-hybridized carbons (Fsp3) is 0.800. The maximum absolute atomic E-state index is 12.2. The van der Waals surface area contributed by atoms with E-state index in [9.17, 15) is 9.59 Å². The molecule has 2 aliphatic rings. The minimum absolute atomic E-state index is 0.00639. The van der Waals surface area contributed by atoms with E-state index >= 15 is 0 Å². The zero-order valence-electron chi connectivity index (χ0n) is 9.89. The highest BCUT2D eigenvalue weighted by Gasteiger charge is 2.35. The molecule has 0 radical (unpaired) electrons. The zero-order chi connectivity index (χ0) is 12.4. The molecule has 7 heteroatoms. The highest BCUT2D eigenvalue weighted by Crippen LogP contribution is 2.17. The Morgan fingerprint density at radius 3 is 2.94 bits per heavy atom. The number of rotatable bonds is 2. The minimum atomic E-state index is -0.370. The van der Waals surface area contributed by atoms with Crippen LogP contribution in [0.15, 0.2) is 0 Å². The van der Waals surface area contributed by atoms with E-state index in [1.807, 2.05) is 11.9 Å². The van der Waals surface area contributed by atoms with E-state index in [4.69, 9.17) is 5.73 Å². The zero-order valence-corrected chi connectivity index (χ0v) is 10.7. The summed E-state index contributed by atoms with van der Waals surface area (Å²) in [7, 11) is 2.03. The number of piperazine rings is 1. The van der Waals surface area contributed by atoms with Gasteiger partial charge in [-0.3, -0.25) is 9.59 Å². The van der Waals surface area contributed by atoms with Crippen LogP contribution in [-0.2, 0) is 4.79 Å². The van der Waals surface area contributed by atoms with E-state index < -0.39 is 0 Å². The smallest absolute Gasteiger partial charge is 0.279 e. The third-order valence-corrected chi connectivity index (χ3v) is 4.09. The van der Waals surface area contributed by atoms with Gasteiger partial charge in [-0.05, 0) is 7.05 Å². The number of nitrogens with one attached hydrogen (secondary N) is 1. The molecule has 2 amide bonds. The van der Waals surface area contributed by atoms with Crippen molar-refractivity contribution in [3.8, 4) is 0 Å². The normalized spacial score (nSPS) is 30.5. The molecule has 0 aliphatic carbocycles. The SMILES string of the molecule is CN1CCN(C(=O)C2CSC(=O)N2)C(CN)C1. The van der Waals surface area contributed by atoms with Crippen molar-refractivity contribution in [2.75, 3.05) is 39.0 Å². The third-order valence-electron chi connectivity index (χ3n) is 3.21. The van der Waals surface area contributed by atoms with Gasteiger partial charge in [0.1, 0.15) is 6.04 Å². The van der Waals surface area contributed by atoms with Gasteiger partial charge in [0.25, 0.3) is 5.24 Å². The molecule has 0 spiro atoms. The molecule has 2 rings (SSSR count). The van der Waals surface area contributed by atoms with Crippen LogP contribution in [-0.4, -0.2) is 72.0 Å². The number of carbonyl (C=O) groups excluding carboxylic acids is 2. The van der Waals surface area contributed by atoms with Crippen LogP contribution >= 0.6 is 11.8 Å². The van der Waals surface area contributed by atoms with Gasteiger partial charge in [0.15, 0.2) is 0 Å². The van der Waals surface area contributed by atoms with Gasteiger partial charge in [0, 0.05) is 31.9 Å².